The van der Waals surface area contributed by atoms with Gasteiger partial charge in [-0.2, -0.15) is 0 Å². The summed E-state index contributed by atoms with van der Waals surface area (Å²) < 4.78 is 16.4. The first-order valence-electron chi connectivity index (χ1n) is 15.0. The van der Waals surface area contributed by atoms with E-state index < -0.39 is 17.1 Å². The van der Waals surface area contributed by atoms with Gasteiger partial charge in [-0.3, -0.25) is 14.4 Å². The normalized spacial score (nSPS) is 11.6. The fraction of sp³-hybridized carbons (Fsp3) is 0.135. The molecule has 1 heterocycles. The molecule has 5 aromatic rings. The maximum atomic E-state index is 13.7. The van der Waals surface area contributed by atoms with Gasteiger partial charge in [-0.1, -0.05) is 48.5 Å². The third kappa shape index (κ3) is 9.06. The maximum Gasteiger partial charge on any atom is 0.272 e. The summed E-state index contributed by atoms with van der Waals surface area (Å²) >= 11 is 2.75. The lowest BCUT2D eigenvalue weighted by molar-refractivity contribution is -0.116. The van der Waals surface area contributed by atoms with E-state index in [4.69, 9.17) is 14.2 Å². The van der Waals surface area contributed by atoms with E-state index in [-0.39, 0.29) is 11.6 Å². The molecule has 0 aliphatic heterocycles. The quantitative estimate of drug-likeness (QED) is 0.0862. The van der Waals surface area contributed by atoms with Crippen molar-refractivity contribution in [1.82, 2.24) is 10.3 Å². The van der Waals surface area contributed by atoms with Gasteiger partial charge in [0.15, 0.2) is 16.6 Å². The molecule has 0 aliphatic rings. The molecular formula is C37H34N4O6S2. The van der Waals surface area contributed by atoms with Crippen LogP contribution in [0.15, 0.2) is 113 Å². The minimum absolute atomic E-state index is 0.0314. The number of hydrogen-bond donors (Lipinski definition) is 3. The highest BCUT2D eigenvalue weighted by Crippen LogP contribution is 2.38. The summed E-state index contributed by atoms with van der Waals surface area (Å²) in [6.45, 7) is 1.87. The molecule has 12 heteroatoms. The molecule has 3 amide bonds. The number of carbonyl (C=O) groups excluding carboxylic acids is 3. The van der Waals surface area contributed by atoms with Crippen molar-refractivity contribution in [3.8, 4) is 17.2 Å². The van der Waals surface area contributed by atoms with Crippen molar-refractivity contribution in [2.75, 3.05) is 32.0 Å². The number of hydrogen-bond acceptors (Lipinski definition) is 9. The number of nitrogens with one attached hydrogen (secondary N) is 3. The first-order valence-corrected chi connectivity index (χ1v) is 16.8. The van der Waals surface area contributed by atoms with Crippen molar-refractivity contribution >= 4 is 57.7 Å². The van der Waals surface area contributed by atoms with Crippen molar-refractivity contribution < 1.29 is 28.6 Å². The molecule has 10 nitrogen and oxygen atoms in total. The van der Waals surface area contributed by atoms with Gasteiger partial charge >= 0.3 is 0 Å². The molecular weight excluding hydrogens is 661 g/mol. The van der Waals surface area contributed by atoms with Gasteiger partial charge in [-0.05, 0) is 61.0 Å². The fourth-order valence-electron chi connectivity index (χ4n) is 4.70. The van der Waals surface area contributed by atoms with Gasteiger partial charge in [-0.15, -0.1) is 23.1 Å². The number of thiazole rings is 1. The van der Waals surface area contributed by atoms with Gasteiger partial charge in [0.1, 0.15) is 16.7 Å². The average Bonchev–Trinajstić information content (AvgIpc) is 3.55. The van der Waals surface area contributed by atoms with E-state index in [9.17, 15) is 14.4 Å². The van der Waals surface area contributed by atoms with Crippen LogP contribution in [0.3, 0.4) is 0 Å². The molecule has 250 valence electrons. The van der Waals surface area contributed by atoms with Crippen molar-refractivity contribution in [2.24, 2.45) is 0 Å². The van der Waals surface area contributed by atoms with E-state index in [0.29, 0.717) is 39.2 Å². The number of methoxy groups -OCH3 is 3. The van der Waals surface area contributed by atoms with Crippen molar-refractivity contribution in [3.05, 3.63) is 131 Å². The summed E-state index contributed by atoms with van der Waals surface area (Å²) in [6.07, 6.45) is 1.51. The molecule has 1 atom stereocenters. The highest BCUT2D eigenvalue weighted by atomic mass is 32.2. The van der Waals surface area contributed by atoms with Gasteiger partial charge in [-0.25, -0.2) is 4.98 Å². The van der Waals surface area contributed by atoms with Crippen LogP contribution in [0.4, 0.5) is 10.8 Å². The molecule has 0 saturated heterocycles. The number of benzene rings is 4. The molecule has 4 aromatic carbocycles. The Labute approximate surface area is 292 Å². The van der Waals surface area contributed by atoms with Gasteiger partial charge in [0, 0.05) is 33.2 Å². The fourth-order valence-corrected chi connectivity index (χ4v) is 6.41. The maximum absolute atomic E-state index is 13.7. The summed E-state index contributed by atoms with van der Waals surface area (Å²) in [5.74, 6) is 0.0333. The minimum Gasteiger partial charge on any atom is -0.496 e. The molecule has 1 unspecified atom stereocenters. The van der Waals surface area contributed by atoms with Crippen molar-refractivity contribution in [2.45, 2.75) is 17.1 Å². The van der Waals surface area contributed by atoms with Crippen LogP contribution in [0.5, 0.6) is 17.2 Å². The Bertz CT molecular complexity index is 1950. The molecule has 0 bridgehead atoms. The Morgan fingerprint density at radius 2 is 1.43 bits per heavy atom. The van der Waals surface area contributed by atoms with E-state index in [1.165, 1.54) is 50.5 Å². The Morgan fingerprint density at radius 1 is 0.796 bits per heavy atom. The van der Waals surface area contributed by atoms with Crippen LogP contribution in [-0.2, 0) is 9.59 Å². The zero-order chi connectivity index (χ0) is 34.8. The monoisotopic (exact) mass is 694 g/mol. The lowest BCUT2D eigenvalue weighted by atomic mass is 10.1. The van der Waals surface area contributed by atoms with E-state index >= 15 is 0 Å². The highest BCUT2D eigenvalue weighted by molar-refractivity contribution is 8.00. The second-order valence-corrected chi connectivity index (χ2v) is 12.5. The number of rotatable bonds is 13. The summed E-state index contributed by atoms with van der Waals surface area (Å²) in [5, 5.41) is 10.4. The molecule has 49 heavy (non-hydrogen) atoms. The summed E-state index contributed by atoms with van der Waals surface area (Å²) in [4.78, 5) is 45.4. The van der Waals surface area contributed by atoms with Gasteiger partial charge in [0.2, 0.25) is 5.91 Å². The number of aryl methyl sites for hydroxylation is 1. The largest absolute Gasteiger partial charge is 0.496 e. The smallest absolute Gasteiger partial charge is 0.272 e. The Hall–Kier alpha value is -5.59. The summed E-state index contributed by atoms with van der Waals surface area (Å²) in [5.41, 5.74) is 2.98. The lowest BCUT2D eigenvalue weighted by Crippen LogP contribution is -2.30. The molecule has 0 fully saturated rings. The standard InChI is InChI=1S/C37H34N4O6S2/c1-23-22-48-37(38-23)41-36(44)33(24-11-7-5-8-12-24)49-28-17-15-27(16-18-28)39-35(43)29(40-34(42)25-13-9-6-10-14-25)19-26-20-31(46-3)32(47-4)21-30(26)45-2/h5-22,33H,1-4H3,(H,39,43)(H,40,42)(H,38,41,44)/b29-19-. The second kappa shape index (κ2) is 16.5. The summed E-state index contributed by atoms with van der Waals surface area (Å²) in [7, 11) is 4.50. The highest BCUT2D eigenvalue weighted by Gasteiger charge is 2.23. The van der Waals surface area contributed by atoms with E-state index in [0.717, 1.165) is 16.2 Å². The van der Waals surface area contributed by atoms with Crippen LogP contribution in [0.2, 0.25) is 0 Å². The Balaban J connectivity index is 1.38. The van der Waals surface area contributed by atoms with Crippen molar-refractivity contribution in [3.63, 3.8) is 0 Å². The van der Waals surface area contributed by atoms with Crippen LogP contribution in [-0.4, -0.2) is 44.0 Å². The van der Waals surface area contributed by atoms with E-state index in [1.54, 1.807) is 54.6 Å². The number of thioether (sulfide) groups is 1. The predicted octanol–water partition coefficient (Wildman–Crippen LogP) is 7.36. The third-order valence-corrected chi connectivity index (χ3v) is 9.26. The molecule has 0 spiro atoms. The topological polar surface area (TPSA) is 128 Å². The average molecular weight is 695 g/mol. The molecule has 0 saturated carbocycles. The van der Waals surface area contributed by atoms with Crippen LogP contribution in [0.1, 0.15) is 32.4 Å². The third-order valence-electron chi connectivity index (χ3n) is 7.12. The van der Waals surface area contributed by atoms with Gasteiger partial charge in [0.05, 0.1) is 27.0 Å². The van der Waals surface area contributed by atoms with Crippen molar-refractivity contribution in [1.29, 1.82) is 0 Å². The number of nitrogens with zero attached hydrogens (tertiary/aromatic N) is 1. The van der Waals surface area contributed by atoms with Gasteiger partial charge < -0.3 is 30.2 Å². The van der Waals surface area contributed by atoms with Crippen LogP contribution in [0.25, 0.3) is 6.08 Å². The van der Waals surface area contributed by atoms with Crippen LogP contribution >= 0.6 is 23.1 Å². The molecule has 0 radical (unpaired) electrons. The van der Waals surface area contributed by atoms with E-state index in [2.05, 4.69) is 20.9 Å². The van der Waals surface area contributed by atoms with Crippen LogP contribution in [0, 0.1) is 6.92 Å². The molecule has 5 rings (SSSR count). The lowest BCUT2D eigenvalue weighted by Gasteiger charge is -2.17. The Kier molecular flexibility index (Phi) is 11.7. The number of aromatic nitrogens is 1. The SMILES string of the molecule is COc1cc(OC)c(OC)cc1/C=C(\NC(=O)c1ccccc1)C(=O)Nc1ccc(SC(C(=O)Nc2nc(C)cs2)c2ccccc2)cc1. The second-order valence-electron chi connectivity index (χ2n) is 10.5. The number of anilines is 2. The minimum atomic E-state index is -0.568. The first-order chi connectivity index (χ1) is 23.8. The van der Waals surface area contributed by atoms with Crippen LogP contribution < -0.4 is 30.2 Å². The number of ether oxygens (including phenoxy) is 3. The van der Waals surface area contributed by atoms with E-state index in [1.807, 2.05) is 54.8 Å². The molecule has 0 aliphatic carbocycles. The number of carbonyl (C=O) groups is 3. The zero-order valence-corrected chi connectivity index (χ0v) is 28.8. The summed E-state index contributed by atoms with van der Waals surface area (Å²) in [6, 6.07) is 28.5. The molecule has 1 aromatic heterocycles. The first kappa shape index (κ1) is 34.7. The van der Waals surface area contributed by atoms with Gasteiger partial charge in [0.25, 0.3) is 11.8 Å². The molecule has 3 N–H and O–H groups in total. The predicted molar refractivity (Wildman–Crippen MR) is 194 cm³/mol. The Morgan fingerprint density at radius 3 is 2.04 bits per heavy atom. The number of amides is 3. The zero-order valence-electron chi connectivity index (χ0n) is 27.2.